The van der Waals surface area contributed by atoms with E-state index < -0.39 is 35.1 Å². The van der Waals surface area contributed by atoms with Crippen molar-refractivity contribution in [3.63, 3.8) is 0 Å². The van der Waals surface area contributed by atoms with Crippen LogP contribution in [0, 0.1) is 5.82 Å². The van der Waals surface area contributed by atoms with E-state index in [0.717, 1.165) is 17.7 Å². The van der Waals surface area contributed by atoms with E-state index in [-0.39, 0.29) is 11.8 Å². The minimum absolute atomic E-state index is 0.123. The number of nitrogens with one attached hydrogen (secondary N) is 1. The van der Waals surface area contributed by atoms with Crippen LogP contribution in [0.1, 0.15) is 43.4 Å². The molecule has 0 saturated heterocycles. The molecule has 1 N–H and O–H groups in total. The summed E-state index contributed by atoms with van der Waals surface area (Å²) in [6.07, 6.45) is -3.40. The maximum atomic E-state index is 14.2. The summed E-state index contributed by atoms with van der Waals surface area (Å²) in [6.45, 7) is 4.77. The molecule has 1 heterocycles. The number of nitrogens with zero attached hydrogens (tertiary/aromatic N) is 1. The Balaban J connectivity index is 1.79. The van der Waals surface area contributed by atoms with Crippen molar-refractivity contribution in [2.45, 2.75) is 50.9 Å². The molecule has 4 nitrogen and oxygen atoms in total. The highest BCUT2D eigenvalue weighted by molar-refractivity contribution is 9.10. The van der Waals surface area contributed by atoms with Gasteiger partial charge >= 0.3 is 6.18 Å². The molecule has 0 spiro atoms. The Bertz CT molecular complexity index is 1180. The molecular weight excluding hydrogens is 564 g/mol. The molecule has 0 radical (unpaired) electrons. The van der Waals surface area contributed by atoms with Crippen LogP contribution in [0.25, 0.3) is 0 Å². The highest BCUT2D eigenvalue weighted by atomic mass is 79.9. The molecule has 1 amide bonds. The number of benzene rings is 2. The van der Waals surface area contributed by atoms with E-state index in [1.165, 1.54) is 26.0 Å². The number of rotatable bonds is 8. The summed E-state index contributed by atoms with van der Waals surface area (Å²) >= 11 is 9.32. The van der Waals surface area contributed by atoms with Crippen LogP contribution in [0.3, 0.4) is 0 Å². The van der Waals surface area contributed by atoms with E-state index in [0.29, 0.717) is 27.7 Å². The molecule has 2 aromatic carbocycles. The van der Waals surface area contributed by atoms with Crippen molar-refractivity contribution in [1.29, 1.82) is 0 Å². The van der Waals surface area contributed by atoms with Gasteiger partial charge in [-0.1, -0.05) is 39.7 Å². The minimum Gasteiger partial charge on any atom is -0.462 e. The number of halogens is 6. The first-order valence-electron chi connectivity index (χ1n) is 11.0. The van der Waals surface area contributed by atoms with Crippen molar-refractivity contribution >= 4 is 33.4 Å². The monoisotopic (exact) mass is 586 g/mol. The van der Waals surface area contributed by atoms with Gasteiger partial charge < -0.3 is 10.1 Å². The summed E-state index contributed by atoms with van der Waals surface area (Å²) < 4.78 is 58.8. The average molecular weight is 588 g/mol. The van der Waals surface area contributed by atoms with E-state index in [4.69, 9.17) is 16.3 Å². The van der Waals surface area contributed by atoms with Gasteiger partial charge in [0.05, 0.1) is 5.56 Å². The second-order valence-corrected chi connectivity index (χ2v) is 10.2. The topological polar surface area (TPSA) is 51.2 Å². The van der Waals surface area contributed by atoms with Crippen LogP contribution >= 0.6 is 27.5 Å². The lowest BCUT2D eigenvalue weighted by Gasteiger charge is -2.31. The summed E-state index contributed by atoms with van der Waals surface area (Å²) in [7, 11) is 0. The van der Waals surface area contributed by atoms with Gasteiger partial charge in [-0.2, -0.15) is 13.2 Å². The SMILES string of the molecule is CC(NC(=O)C(C)(C)Oc1ccc(C(F)(F)F)cn1)C(Cc1ccc(Cl)cc1)c1cc(F)cc(Br)c1. The molecule has 0 bridgehead atoms. The van der Waals surface area contributed by atoms with Crippen LogP contribution in [0.2, 0.25) is 5.02 Å². The first-order chi connectivity index (χ1) is 16.7. The van der Waals surface area contributed by atoms with Gasteiger partial charge in [-0.15, -0.1) is 0 Å². The Morgan fingerprint density at radius 3 is 2.33 bits per heavy atom. The predicted molar refractivity (Wildman–Crippen MR) is 134 cm³/mol. The fourth-order valence-electron chi connectivity index (χ4n) is 3.64. The largest absolute Gasteiger partial charge is 0.462 e. The number of ether oxygens (including phenoxy) is 1. The Labute approximate surface area is 220 Å². The maximum Gasteiger partial charge on any atom is 0.417 e. The van der Waals surface area contributed by atoms with Crippen molar-refractivity contribution in [2.75, 3.05) is 0 Å². The Morgan fingerprint density at radius 2 is 1.78 bits per heavy atom. The third kappa shape index (κ3) is 7.43. The predicted octanol–water partition coefficient (Wildman–Crippen LogP) is 7.34. The maximum absolute atomic E-state index is 14.2. The van der Waals surface area contributed by atoms with Gasteiger partial charge in [0.2, 0.25) is 5.88 Å². The number of amides is 1. The third-order valence-corrected chi connectivity index (χ3v) is 6.32. The number of hydrogen-bond acceptors (Lipinski definition) is 3. The fraction of sp³-hybridized carbons (Fsp3) is 0.308. The first-order valence-corrected chi connectivity index (χ1v) is 12.2. The van der Waals surface area contributed by atoms with Gasteiger partial charge in [-0.05, 0) is 74.7 Å². The van der Waals surface area contributed by atoms with E-state index >= 15 is 0 Å². The van der Waals surface area contributed by atoms with Gasteiger partial charge in [-0.3, -0.25) is 4.79 Å². The summed E-state index contributed by atoms with van der Waals surface area (Å²) in [4.78, 5) is 16.8. The number of aromatic nitrogens is 1. The smallest absolute Gasteiger partial charge is 0.417 e. The van der Waals surface area contributed by atoms with Gasteiger partial charge in [0, 0.05) is 33.7 Å². The highest BCUT2D eigenvalue weighted by Gasteiger charge is 2.34. The number of carbonyl (C=O) groups is 1. The molecule has 0 aliphatic rings. The van der Waals surface area contributed by atoms with Gasteiger partial charge in [0.1, 0.15) is 5.82 Å². The molecule has 3 aromatic rings. The fourth-order valence-corrected chi connectivity index (χ4v) is 4.25. The lowest BCUT2D eigenvalue weighted by molar-refractivity contribution is -0.138. The molecule has 0 fully saturated rings. The molecule has 10 heteroatoms. The van der Waals surface area contributed by atoms with Crippen LogP contribution < -0.4 is 10.1 Å². The zero-order valence-electron chi connectivity index (χ0n) is 19.7. The number of hydrogen-bond donors (Lipinski definition) is 1. The van der Waals surface area contributed by atoms with E-state index in [1.54, 1.807) is 25.1 Å². The van der Waals surface area contributed by atoms with Crippen LogP contribution in [-0.4, -0.2) is 22.5 Å². The number of pyridine rings is 1. The molecule has 1 aromatic heterocycles. The molecule has 0 aliphatic carbocycles. The number of carbonyl (C=O) groups excluding carboxylic acids is 1. The quantitative estimate of drug-likeness (QED) is 0.281. The molecule has 3 rings (SSSR count). The summed E-state index contributed by atoms with van der Waals surface area (Å²) in [5.41, 5.74) is -0.755. The Morgan fingerprint density at radius 1 is 1.11 bits per heavy atom. The highest BCUT2D eigenvalue weighted by Crippen LogP contribution is 2.31. The van der Waals surface area contributed by atoms with Crippen molar-refractivity contribution in [2.24, 2.45) is 0 Å². The van der Waals surface area contributed by atoms with E-state index in [2.05, 4.69) is 26.2 Å². The van der Waals surface area contributed by atoms with E-state index in [9.17, 15) is 22.4 Å². The molecule has 36 heavy (non-hydrogen) atoms. The van der Waals surface area contributed by atoms with Gasteiger partial charge in [-0.25, -0.2) is 9.37 Å². The minimum atomic E-state index is -4.53. The molecule has 2 atom stereocenters. The average Bonchev–Trinajstić information content (AvgIpc) is 2.77. The lowest BCUT2D eigenvalue weighted by atomic mass is 9.86. The van der Waals surface area contributed by atoms with Crippen molar-refractivity contribution in [1.82, 2.24) is 10.3 Å². The summed E-state index contributed by atoms with van der Waals surface area (Å²) in [5, 5.41) is 3.49. The molecule has 0 saturated carbocycles. The van der Waals surface area contributed by atoms with Crippen LogP contribution in [0.4, 0.5) is 17.6 Å². The first kappa shape index (κ1) is 27.9. The van der Waals surface area contributed by atoms with Gasteiger partial charge in [0.15, 0.2) is 5.60 Å². The van der Waals surface area contributed by atoms with Crippen molar-refractivity contribution in [3.8, 4) is 5.88 Å². The Hall–Kier alpha value is -2.65. The van der Waals surface area contributed by atoms with Gasteiger partial charge in [0.25, 0.3) is 5.91 Å². The Kier molecular flexibility index (Phi) is 8.67. The zero-order chi connectivity index (χ0) is 26.7. The normalized spacial score (nSPS) is 13.7. The number of alkyl halides is 3. The molecular formula is C26H24BrClF4N2O2. The van der Waals surface area contributed by atoms with Crippen LogP contribution in [0.15, 0.2) is 65.3 Å². The second kappa shape index (κ2) is 11.2. The van der Waals surface area contributed by atoms with Crippen molar-refractivity contribution in [3.05, 3.63) is 92.8 Å². The van der Waals surface area contributed by atoms with Crippen LogP contribution in [-0.2, 0) is 17.4 Å². The molecule has 192 valence electrons. The zero-order valence-corrected chi connectivity index (χ0v) is 22.0. The summed E-state index contributed by atoms with van der Waals surface area (Å²) in [6, 6.07) is 13.2. The molecule has 2 unspecified atom stereocenters. The summed E-state index contributed by atoms with van der Waals surface area (Å²) in [5.74, 6) is -1.37. The van der Waals surface area contributed by atoms with E-state index in [1.807, 2.05) is 12.1 Å². The lowest BCUT2D eigenvalue weighted by Crippen LogP contribution is -2.51. The van der Waals surface area contributed by atoms with Crippen LogP contribution in [0.5, 0.6) is 5.88 Å². The third-order valence-electron chi connectivity index (χ3n) is 5.61. The second-order valence-electron chi connectivity index (χ2n) is 8.90. The standard InChI is InChI=1S/C26H24BrClF4N2O2/c1-15(34-24(35)25(2,3)36-23-9-6-18(14-33-23)26(30,31)32)22(10-16-4-7-20(28)8-5-16)17-11-19(27)13-21(29)12-17/h4-9,11-15,22H,10H2,1-3H3,(H,34,35). The van der Waals surface area contributed by atoms with Crippen molar-refractivity contribution < 1.29 is 27.1 Å². The molecule has 0 aliphatic heterocycles.